The largest absolute Gasteiger partial charge is 0.373 e. The molecule has 2 rings (SSSR count). The molecule has 1 aromatic rings. The molecular weight excluding hydrogens is 240 g/mol. The Balaban J connectivity index is 1.94. The van der Waals surface area contributed by atoms with E-state index >= 15 is 0 Å². The third-order valence-electron chi connectivity index (χ3n) is 3.53. The van der Waals surface area contributed by atoms with Crippen molar-refractivity contribution in [3.05, 3.63) is 35.4 Å². The molecule has 1 atom stereocenters. The van der Waals surface area contributed by atoms with Crippen molar-refractivity contribution in [3.63, 3.8) is 0 Å². The molecule has 1 saturated heterocycles. The summed E-state index contributed by atoms with van der Waals surface area (Å²) in [7, 11) is 1.90. The highest BCUT2D eigenvalue weighted by molar-refractivity contribution is 5.79. The highest BCUT2D eigenvalue weighted by Gasteiger charge is 2.23. The van der Waals surface area contributed by atoms with Crippen molar-refractivity contribution in [2.45, 2.75) is 19.4 Å². The number of nitrogens with one attached hydrogen (secondary N) is 1. The van der Waals surface area contributed by atoms with Gasteiger partial charge in [-0.15, -0.1) is 0 Å². The Morgan fingerprint density at radius 3 is 3.00 bits per heavy atom. The average Bonchev–Trinajstić information content (AvgIpc) is 2.42. The number of ether oxygens (including phenoxy) is 1. The molecule has 0 radical (unpaired) electrons. The van der Waals surface area contributed by atoms with Gasteiger partial charge in [0.05, 0.1) is 19.1 Å². The number of hydrogen-bond donors (Lipinski definition) is 1. The fraction of sp³-hybridized carbons (Fsp3) is 0.533. The molecule has 1 aliphatic rings. The van der Waals surface area contributed by atoms with Gasteiger partial charge in [-0.25, -0.2) is 0 Å². The molecule has 1 unspecified atom stereocenters. The summed E-state index contributed by atoms with van der Waals surface area (Å²) in [5.74, 6) is 0.193. The molecule has 0 aliphatic carbocycles. The fourth-order valence-corrected chi connectivity index (χ4v) is 2.38. The van der Waals surface area contributed by atoms with Crippen molar-refractivity contribution in [2.75, 3.05) is 33.3 Å². The summed E-state index contributed by atoms with van der Waals surface area (Å²) in [6.45, 7) is 4.85. The lowest BCUT2D eigenvalue weighted by molar-refractivity contribution is -0.137. The van der Waals surface area contributed by atoms with Gasteiger partial charge in [-0.3, -0.25) is 4.79 Å². The topological polar surface area (TPSA) is 41.6 Å². The maximum atomic E-state index is 12.3. The molecule has 0 aromatic heterocycles. The number of carbonyl (C=O) groups excluding carboxylic acids is 1. The van der Waals surface area contributed by atoms with Crippen LogP contribution in [0.4, 0.5) is 0 Å². The van der Waals surface area contributed by atoms with Gasteiger partial charge in [-0.1, -0.05) is 24.3 Å². The third-order valence-corrected chi connectivity index (χ3v) is 3.53. The summed E-state index contributed by atoms with van der Waals surface area (Å²) in [5, 5.41) is 3.09. The Morgan fingerprint density at radius 2 is 2.26 bits per heavy atom. The number of benzene rings is 1. The Morgan fingerprint density at radius 1 is 1.47 bits per heavy atom. The van der Waals surface area contributed by atoms with Crippen LogP contribution >= 0.6 is 0 Å². The maximum Gasteiger partial charge on any atom is 0.227 e. The monoisotopic (exact) mass is 262 g/mol. The van der Waals surface area contributed by atoms with Gasteiger partial charge in [0.25, 0.3) is 0 Å². The van der Waals surface area contributed by atoms with Gasteiger partial charge in [0.2, 0.25) is 5.91 Å². The summed E-state index contributed by atoms with van der Waals surface area (Å²) < 4.78 is 5.62. The number of rotatable bonds is 4. The first-order chi connectivity index (χ1) is 9.20. The molecule has 1 aliphatic heterocycles. The lowest BCUT2D eigenvalue weighted by Crippen LogP contribution is -2.49. The van der Waals surface area contributed by atoms with Gasteiger partial charge in [0, 0.05) is 19.6 Å². The number of morpholine rings is 1. The summed E-state index contributed by atoms with van der Waals surface area (Å²) in [5.41, 5.74) is 2.29. The molecule has 4 heteroatoms. The van der Waals surface area contributed by atoms with Crippen LogP contribution in [0.5, 0.6) is 0 Å². The van der Waals surface area contributed by atoms with Crippen molar-refractivity contribution in [1.29, 1.82) is 0 Å². The summed E-state index contributed by atoms with van der Waals surface area (Å²) in [4.78, 5) is 14.2. The molecule has 19 heavy (non-hydrogen) atoms. The predicted molar refractivity (Wildman–Crippen MR) is 75.1 cm³/mol. The molecule has 1 amide bonds. The van der Waals surface area contributed by atoms with Crippen molar-refractivity contribution in [3.8, 4) is 0 Å². The number of hydrogen-bond acceptors (Lipinski definition) is 3. The minimum Gasteiger partial charge on any atom is -0.373 e. The first-order valence-corrected chi connectivity index (χ1v) is 6.79. The molecule has 4 nitrogen and oxygen atoms in total. The van der Waals surface area contributed by atoms with Crippen LogP contribution < -0.4 is 5.32 Å². The molecule has 1 heterocycles. The fourth-order valence-electron chi connectivity index (χ4n) is 2.38. The zero-order valence-electron chi connectivity index (χ0n) is 11.7. The van der Waals surface area contributed by atoms with E-state index in [0.717, 1.165) is 12.1 Å². The predicted octanol–water partition coefficient (Wildman–Crippen LogP) is 0.984. The molecule has 1 fully saturated rings. The molecule has 1 aromatic carbocycles. The number of nitrogens with zero attached hydrogens (tertiary/aromatic N) is 1. The van der Waals surface area contributed by atoms with E-state index in [1.54, 1.807) is 0 Å². The minimum atomic E-state index is 0.111. The molecule has 0 bridgehead atoms. The second-order valence-electron chi connectivity index (χ2n) is 4.99. The standard InChI is InChI=1S/C15H22N2O2/c1-12-5-3-4-6-13(12)9-15(18)17-7-8-19-14(11-17)10-16-2/h3-6,14,16H,7-11H2,1-2H3. The van der Waals surface area contributed by atoms with E-state index in [1.807, 2.05) is 43.1 Å². The third kappa shape index (κ3) is 3.78. The Hall–Kier alpha value is -1.39. The lowest BCUT2D eigenvalue weighted by Gasteiger charge is -2.33. The van der Waals surface area contributed by atoms with Crippen LogP contribution in [0.3, 0.4) is 0 Å². The number of amides is 1. The second kappa shape index (κ2) is 6.68. The zero-order valence-corrected chi connectivity index (χ0v) is 11.7. The quantitative estimate of drug-likeness (QED) is 0.879. The van der Waals surface area contributed by atoms with E-state index < -0.39 is 0 Å². The normalized spacial score (nSPS) is 19.5. The van der Waals surface area contributed by atoms with E-state index in [-0.39, 0.29) is 12.0 Å². The van der Waals surface area contributed by atoms with Crippen LogP contribution in [-0.4, -0.2) is 50.2 Å². The maximum absolute atomic E-state index is 12.3. The number of aryl methyl sites for hydroxylation is 1. The summed E-state index contributed by atoms with van der Waals surface area (Å²) in [6.07, 6.45) is 0.596. The van der Waals surface area contributed by atoms with Gasteiger partial charge < -0.3 is 15.0 Å². The van der Waals surface area contributed by atoms with E-state index in [1.165, 1.54) is 5.56 Å². The van der Waals surface area contributed by atoms with Crippen LogP contribution in [0, 0.1) is 6.92 Å². The first-order valence-electron chi connectivity index (χ1n) is 6.79. The summed E-state index contributed by atoms with van der Waals surface area (Å²) >= 11 is 0. The molecule has 0 saturated carbocycles. The van der Waals surface area contributed by atoms with Crippen LogP contribution in [-0.2, 0) is 16.0 Å². The highest BCUT2D eigenvalue weighted by atomic mass is 16.5. The van der Waals surface area contributed by atoms with Crippen LogP contribution in [0.25, 0.3) is 0 Å². The van der Waals surface area contributed by atoms with Crippen LogP contribution in [0.1, 0.15) is 11.1 Å². The van der Waals surface area contributed by atoms with Gasteiger partial charge >= 0.3 is 0 Å². The molecule has 0 spiro atoms. The number of carbonyl (C=O) groups is 1. The van der Waals surface area contributed by atoms with E-state index in [2.05, 4.69) is 5.32 Å². The molecule has 1 N–H and O–H groups in total. The van der Waals surface area contributed by atoms with E-state index in [0.29, 0.717) is 26.1 Å². The Labute approximate surface area is 114 Å². The molecular formula is C15H22N2O2. The molecule has 104 valence electrons. The van der Waals surface area contributed by atoms with E-state index in [4.69, 9.17) is 4.74 Å². The highest BCUT2D eigenvalue weighted by Crippen LogP contribution is 2.11. The van der Waals surface area contributed by atoms with Gasteiger partial charge in [0.1, 0.15) is 0 Å². The van der Waals surface area contributed by atoms with Crippen molar-refractivity contribution >= 4 is 5.91 Å². The van der Waals surface area contributed by atoms with Crippen LogP contribution in [0.15, 0.2) is 24.3 Å². The summed E-state index contributed by atoms with van der Waals surface area (Å²) in [6, 6.07) is 8.06. The van der Waals surface area contributed by atoms with E-state index in [9.17, 15) is 4.79 Å². The average molecular weight is 262 g/mol. The first kappa shape index (κ1) is 14.0. The van der Waals surface area contributed by atoms with Gasteiger partial charge in [0.15, 0.2) is 0 Å². The lowest BCUT2D eigenvalue weighted by atomic mass is 10.1. The smallest absolute Gasteiger partial charge is 0.227 e. The number of likely N-dealkylation sites (N-methyl/N-ethyl adjacent to an activating group) is 1. The van der Waals surface area contributed by atoms with Crippen LogP contribution in [0.2, 0.25) is 0 Å². The Bertz CT molecular complexity index is 432. The minimum absolute atomic E-state index is 0.111. The zero-order chi connectivity index (χ0) is 13.7. The SMILES string of the molecule is CNCC1CN(C(=O)Cc2ccccc2C)CCO1. The second-order valence-corrected chi connectivity index (χ2v) is 4.99. The van der Waals surface area contributed by atoms with Gasteiger partial charge in [-0.2, -0.15) is 0 Å². The van der Waals surface area contributed by atoms with Crippen molar-refractivity contribution < 1.29 is 9.53 Å². The van der Waals surface area contributed by atoms with Crippen molar-refractivity contribution in [1.82, 2.24) is 10.2 Å². The van der Waals surface area contributed by atoms with Gasteiger partial charge in [-0.05, 0) is 25.1 Å². The Kier molecular flexibility index (Phi) is 4.93. The van der Waals surface area contributed by atoms with Crippen molar-refractivity contribution in [2.24, 2.45) is 0 Å².